The Hall–Kier alpha value is -2.10. The van der Waals surface area contributed by atoms with Crippen LogP contribution in [0.4, 0.5) is 0 Å². The highest BCUT2D eigenvalue weighted by Crippen LogP contribution is 2.18. The summed E-state index contributed by atoms with van der Waals surface area (Å²) >= 11 is 0. The molecule has 0 saturated heterocycles. The van der Waals surface area contributed by atoms with Gasteiger partial charge in [-0.15, -0.1) is 0 Å². The Morgan fingerprint density at radius 1 is 1.57 bits per heavy atom. The number of carbonyl (C=O) groups is 1. The summed E-state index contributed by atoms with van der Waals surface area (Å²) in [6.45, 7) is 0. The van der Waals surface area contributed by atoms with Gasteiger partial charge in [0.25, 0.3) is 0 Å². The maximum atomic E-state index is 10.2. The third-order valence-corrected chi connectivity index (χ3v) is 1.73. The van der Waals surface area contributed by atoms with Crippen molar-refractivity contribution in [3.05, 3.63) is 36.4 Å². The molecule has 2 aromatic rings. The van der Waals surface area contributed by atoms with Gasteiger partial charge < -0.3 is 9.52 Å². The third-order valence-electron chi connectivity index (χ3n) is 1.73. The Morgan fingerprint density at radius 3 is 3.14 bits per heavy atom. The first kappa shape index (κ1) is 8.50. The topological polar surface area (TPSA) is 63.3 Å². The zero-order valence-electron chi connectivity index (χ0n) is 7.18. The van der Waals surface area contributed by atoms with Crippen LogP contribution in [-0.4, -0.2) is 16.1 Å². The number of rotatable bonds is 2. The van der Waals surface area contributed by atoms with Gasteiger partial charge in [-0.2, -0.15) is 0 Å². The molecule has 0 radical (unpaired) electrons. The maximum Gasteiger partial charge on any atom is 0.328 e. The molecule has 70 valence electrons. The van der Waals surface area contributed by atoms with E-state index in [1.165, 1.54) is 6.08 Å². The van der Waals surface area contributed by atoms with Gasteiger partial charge >= 0.3 is 5.97 Å². The Balaban J connectivity index is 2.40. The molecule has 0 amide bonds. The molecule has 0 spiro atoms. The van der Waals surface area contributed by atoms with E-state index in [-0.39, 0.29) is 0 Å². The summed E-state index contributed by atoms with van der Waals surface area (Å²) in [4.78, 5) is 14.2. The molecule has 4 nitrogen and oxygen atoms in total. The summed E-state index contributed by atoms with van der Waals surface area (Å²) in [5, 5.41) is 9.27. The van der Waals surface area contributed by atoms with Crippen molar-refractivity contribution in [3.63, 3.8) is 0 Å². The second-order valence-electron chi connectivity index (χ2n) is 2.73. The van der Waals surface area contributed by atoms with Crippen molar-refractivity contribution in [3.8, 4) is 0 Å². The van der Waals surface area contributed by atoms with E-state index in [4.69, 9.17) is 9.52 Å². The molecule has 1 N–H and O–H groups in total. The van der Waals surface area contributed by atoms with Crippen LogP contribution in [0.1, 0.15) is 5.76 Å². The minimum atomic E-state index is -0.997. The number of carboxylic acids is 1. The minimum absolute atomic E-state index is 0.510. The summed E-state index contributed by atoms with van der Waals surface area (Å²) < 4.78 is 5.33. The second-order valence-corrected chi connectivity index (χ2v) is 2.73. The number of aliphatic carboxylic acids is 1. The van der Waals surface area contributed by atoms with Crippen molar-refractivity contribution in [2.24, 2.45) is 0 Å². The first-order chi connectivity index (χ1) is 6.75. The van der Waals surface area contributed by atoms with E-state index in [1.807, 2.05) is 0 Å². The SMILES string of the molecule is O=C(O)C=Cc1cc2cnccc2o1. The van der Waals surface area contributed by atoms with Crippen LogP contribution in [-0.2, 0) is 4.79 Å². The monoisotopic (exact) mass is 189 g/mol. The zero-order valence-corrected chi connectivity index (χ0v) is 7.18. The first-order valence-corrected chi connectivity index (χ1v) is 4.00. The third kappa shape index (κ3) is 1.64. The molecule has 4 heteroatoms. The fourth-order valence-corrected chi connectivity index (χ4v) is 1.14. The summed E-state index contributed by atoms with van der Waals surface area (Å²) in [6.07, 6.45) is 5.72. The standard InChI is InChI=1S/C10H7NO3/c12-10(13)2-1-8-5-7-6-11-4-3-9(7)14-8/h1-6H,(H,12,13). The molecule has 2 aromatic heterocycles. The van der Waals surface area contributed by atoms with E-state index >= 15 is 0 Å². The lowest BCUT2D eigenvalue weighted by molar-refractivity contribution is -0.131. The van der Waals surface area contributed by atoms with E-state index < -0.39 is 5.97 Å². The number of carboxylic acid groups (broad SMARTS) is 1. The molecule has 0 aliphatic carbocycles. The molecule has 0 aromatic carbocycles. The molecule has 0 saturated carbocycles. The van der Waals surface area contributed by atoms with Gasteiger partial charge in [-0.1, -0.05) is 0 Å². The molecule has 2 rings (SSSR count). The summed E-state index contributed by atoms with van der Waals surface area (Å²) in [5.41, 5.74) is 0.699. The molecular weight excluding hydrogens is 182 g/mol. The summed E-state index contributed by atoms with van der Waals surface area (Å²) in [5.74, 6) is -0.487. The van der Waals surface area contributed by atoms with Crippen LogP contribution in [0.25, 0.3) is 17.0 Å². The van der Waals surface area contributed by atoms with Crippen molar-refractivity contribution < 1.29 is 14.3 Å². The van der Waals surface area contributed by atoms with Crippen LogP contribution < -0.4 is 0 Å². The molecule has 0 unspecified atom stereocenters. The summed E-state index contributed by atoms with van der Waals surface area (Å²) in [7, 11) is 0. The van der Waals surface area contributed by atoms with Gasteiger partial charge in [0.05, 0.1) is 0 Å². The van der Waals surface area contributed by atoms with Crippen LogP contribution in [0.15, 0.2) is 35.0 Å². The van der Waals surface area contributed by atoms with Crippen molar-refractivity contribution in [1.29, 1.82) is 0 Å². The molecule has 0 aliphatic heterocycles. The van der Waals surface area contributed by atoms with Crippen molar-refractivity contribution in [2.45, 2.75) is 0 Å². The van der Waals surface area contributed by atoms with Crippen molar-refractivity contribution in [1.82, 2.24) is 4.98 Å². The lowest BCUT2D eigenvalue weighted by atomic mass is 10.3. The molecule has 0 atom stereocenters. The zero-order chi connectivity index (χ0) is 9.97. The number of furan rings is 1. The average molecular weight is 189 g/mol. The van der Waals surface area contributed by atoms with E-state index in [0.29, 0.717) is 11.3 Å². The van der Waals surface area contributed by atoms with E-state index in [1.54, 1.807) is 24.5 Å². The first-order valence-electron chi connectivity index (χ1n) is 4.00. The number of hydrogen-bond acceptors (Lipinski definition) is 3. The van der Waals surface area contributed by atoms with Gasteiger partial charge in [-0.25, -0.2) is 4.79 Å². The quantitative estimate of drug-likeness (QED) is 0.733. The lowest BCUT2D eigenvalue weighted by Crippen LogP contribution is -1.84. The number of fused-ring (bicyclic) bond motifs is 1. The van der Waals surface area contributed by atoms with Gasteiger partial charge in [-0.05, 0) is 18.2 Å². The number of hydrogen-bond donors (Lipinski definition) is 1. The lowest BCUT2D eigenvalue weighted by Gasteiger charge is -1.82. The van der Waals surface area contributed by atoms with Gasteiger partial charge in [0, 0.05) is 23.9 Å². The number of aromatic nitrogens is 1. The molecule has 14 heavy (non-hydrogen) atoms. The Morgan fingerprint density at radius 2 is 2.43 bits per heavy atom. The highest BCUT2D eigenvalue weighted by atomic mass is 16.4. The van der Waals surface area contributed by atoms with E-state index in [2.05, 4.69) is 4.98 Å². The van der Waals surface area contributed by atoms with Crippen molar-refractivity contribution in [2.75, 3.05) is 0 Å². The minimum Gasteiger partial charge on any atom is -0.478 e. The highest BCUT2D eigenvalue weighted by molar-refractivity contribution is 5.86. The van der Waals surface area contributed by atoms with Gasteiger partial charge in [0.2, 0.25) is 0 Å². The smallest absolute Gasteiger partial charge is 0.328 e. The normalized spacial score (nSPS) is 11.1. The van der Waals surface area contributed by atoms with Crippen LogP contribution >= 0.6 is 0 Å². The fraction of sp³-hybridized carbons (Fsp3) is 0. The predicted octanol–water partition coefficient (Wildman–Crippen LogP) is 1.93. The van der Waals surface area contributed by atoms with Crippen LogP contribution in [0.2, 0.25) is 0 Å². The molecule has 2 heterocycles. The number of pyridine rings is 1. The molecule has 0 aliphatic rings. The van der Waals surface area contributed by atoms with Gasteiger partial charge in [-0.3, -0.25) is 4.98 Å². The Labute approximate surface area is 79.5 Å². The maximum absolute atomic E-state index is 10.2. The van der Waals surface area contributed by atoms with E-state index in [9.17, 15) is 4.79 Å². The molecular formula is C10H7NO3. The Kier molecular flexibility index (Phi) is 2.02. The molecule has 0 fully saturated rings. The Bertz CT molecular complexity index is 466. The number of nitrogens with zero attached hydrogens (tertiary/aromatic N) is 1. The fourth-order valence-electron chi connectivity index (χ4n) is 1.14. The predicted molar refractivity (Wildman–Crippen MR) is 50.7 cm³/mol. The average Bonchev–Trinajstić information content (AvgIpc) is 2.57. The van der Waals surface area contributed by atoms with E-state index in [0.717, 1.165) is 11.5 Å². The molecule has 0 bridgehead atoms. The van der Waals surface area contributed by atoms with Crippen LogP contribution in [0, 0.1) is 0 Å². The van der Waals surface area contributed by atoms with Crippen LogP contribution in [0.5, 0.6) is 0 Å². The van der Waals surface area contributed by atoms with Crippen LogP contribution in [0.3, 0.4) is 0 Å². The highest BCUT2D eigenvalue weighted by Gasteiger charge is 1.99. The summed E-state index contributed by atoms with van der Waals surface area (Å²) in [6, 6.07) is 3.47. The van der Waals surface area contributed by atoms with Gasteiger partial charge in [0.1, 0.15) is 11.3 Å². The largest absolute Gasteiger partial charge is 0.478 e. The second kappa shape index (κ2) is 3.33. The van der Waals surface area contributed by atoms with Crippen molar-refractivity contribution >= 4 is 23.0 Å². The van der Waals surface area contributed by atoms with Gasteiger partial charge in [0.15, 0.2) is 0 Å².